The van der Waals surface area contributed by atoms with Crippen LogP contribution in [0.25, 0.3) is 0 Å². The summed E-state index contributed by atoms with van der Waals surface area (Å²) in [6.45, 7) is 5.31. The van der Waals surface area contributed by atoms with Gasteiger partial charge >= 0.3 is 5.97 Å². The van der Waals surface area contributed by atoms with Gasteiger partial charge in [-0.05, 0) is 68.1 Å². The highest BCUT2D eigenvalue weighted by molar-refractivity contribution is 5.65. The number of aliphatic hydroxyl groups is 4. The van der Waals surface area contributed by atoms with E-state index < -0.39 is 29.2 Å². The van der Waals surface area contributed by atoms with E-state index in [1.165, 1.54) is 12.5 Å². The van der Waals surface area contributed by atoms with Gasteiger partial charge in [-0.1, -0.05) is 25.5 Å². The number of aliphatic hydroxyl groups excluding tert-OH is 3. The van der Waals surface area contributed by atoms with Crippen LogP contribution in [0, 0.1) is 28.6 Å². The second-order valence-electron chi connectivity index (χ2n) is 10.5. The van der Waals surface area contributed by atoms with Crippen molar-refractivity contribution < 1.29 is 30.0 Å². The molecule has 6 nitrogen and oxygen atoms in total. The van der Waals surface area contributed by atoms with Crippen LogP contribution in [0.2, 0.25) is 0 Å². The molecular formula is C23H36O6. The number of fused-ring (bicyclic) bond motifs is 5. The number of hydrogen-bond acceptors (Lipinski definition) is 6. The average Bonchev–Trinajstić information content (AvgIpc) is 2.91. The second-order valence-corrected chi connectivity index (χ2v) is 10.5. The van der Waals surface area contributed by atoms with Gasteiger partial charge in [0.1, 0.15) is 12.7 Å². The SMILES string of the molecule is CC(=O)OC[C@H](O)[C@@]1(O)CC[C@H]2[C@@H]3CCC4=CC(O)CC[C@]4(C)[C@H]3[C@@H](O)C[C@@]21C. The molecule has 4 N–H and O–H groups in total. The first-order valence-electron chi connectivity index (χ1n) is 11.1. The maximum absolute atomic E-state index is 11.6. The van der Waals surface area contributed by atoms with E-state index in [9.17, 15) is 25.2 Å². The third-order valence-electron chi connectivity index (χ3n) is 9.23. The van der Waals surface area contributed by atoms with Gasteiger partial charge in [-0.25, -0.2) is 0 Å². The molecule has 0 aliphatic heterocycles. The van der Waals surface area contributed by atoms with E-state index >= 15 is 0 Å². The molecule has 4 aliphatic rings. The zero-order valence-electron chi connectivity index (χ0n) is 17.8. The molecule has 164 valence electrons. The van der Waals surface area contributed by atoms with Gasteiger partial charge in [0.15, 0.2) is 0 Å². The van der Waals surface area contributed by atoms with E-state index in [1.54, 1.807) is 0 Å². The molecule has 29 heavy (non-hydrogen) atoms. The Morgan fingerprint density at radius 2 is 1.97 bits per heavy atom. The van der Waals surface area contributed by atoms with Gasteiger partial charge < -0.3 is 25.2 Å². The quantitative estimate of drug-likeness (QED) is 0.420. The lowest BCUT2D eigenvalue weighted by atomic mass is 9.45. The van der Waals surface area contributed by atoms with E-state index in [-0.39, 0.29) is 35.9 Å². The molecule has 0 amide bonds. The molecule has 4 rings (SSSR count). The van der Waals surface area contributed by atoms with Gasteiger partial charge in [-0.15, -0.1) is 0 Å². The van der Waals surface area contributed by atoms with Gasteiger partial charge in [-0.2, -0.15) is 0 Å². The number of ether oxygens (including phenoxy) is 1. The largest absolute Gasteiger partial charge is 0.463 e. The van der Waals surface area contributed by atoms with Crippen molar-refractivity contribution in [3.05, 3.63) is 11.6 Å². The molecule has 0 saturated heterocycles. The van der Waals surface area contributed by atoms with Crippen molar-refractivity contribution in [3.8, 4) is 0 Å². The standard InChI is InChI=1S/C23H36O6/c1-13(24)29-12-19(27)23(28)9-7-17-16-5-4-14-10-15(25)6-8-21(14,2)20(16)18(26)11-22(17,23)3/h10,15-20,25-28H,4-9,11-12H2,1-3H3/t15?,16-,17-,18-,19-,20+,21-,22-,23-/m0/s1. The molecule has 6 heteroatoms. The number of hydrogen-bond donors (Lipinski definition) is 4. The first-order chi connectivity index (χ1) is 13.5. The second kappa shape index (κ2) is 7.04. The highest BCUT2D eigenvalue weighted by Crippen LogP contribution is 2.68. The molecule has 3 saturated carbocycles. The summed E-state index contributed by atoms with van der Waals surface area (Å²) in [6, 6.07) is 0. The third kappa shape index (κ3) is 3.01. The summed E-state index contributed by atoms with van der Waals surface area (Å²) >= 11 is 0. The Balaban J connectivity index is 1.64. The summed E-state index contributed by atoms with van der Waals surface area (Å²) < 4.78 is 4.99. The third-order valence-corrected chi connectivity index (χ3v) is 9.23. The van der Waals surface area contributed by atoms with Crippen molar-refractivity contribution in [2.45, 2.75) is 89.6 Å². The summed E-state index contributed by atoms with van der Waals surface area (Å²) in [5, 5.41) is 43.8. The summed E-state index contributed by atoms with van der Waals surface area (Å²) in [5.74, 6) is 0.116. The highest BCUT2D eigenvalue weighted by atomic mass is 16.5. The Kier molecular flexibility index (Phi) is 5.17. The number of carbonyl (C=O) groups excluding carboxylic acids is 1. The number of carbonyl (C=O) groups is 1. The molecular weight excluding hydrogens is 372 g/mol. The van der Waals surface area contributed by atoms with E-state index in [2.05, 4.69) is 6.92 Å². The predicted molar refractivity (Wildman–Crippen MR) is 107 cm³/mol. The molecule has 3 fully saturated rings. The Hall–Kier alpha value is -0.950. The Morgan fingerprint density at radius 3 is 2.66 bits per heavy atom. The molecule has 0 aromatic carbocycles. The fraction of sp³-hybridized carbons (Fsp3) is 0.870. The lowest BCUT2D eigenvalue weighted by molar-refractivity contribution is -0.211. The van der Waals surface area contributed by atoms with Crippen LogP contribution in [-0.4, -0.2) is 56.9 Å². The highest BCUT2D eigenvalue weighted by Gasteiger charge is 2.68. The lowest BCUT2D eigenvalue weighted by Gasteiger charge is -2.61. The minimum atomic E-state index is -1.38. The van der Waals surface area contributed by atoms with Crippen molar-refractivity contribution in [1.29, 1.82) is 0 Å². The average molecular weight is 409 g/mol. The van der Waals surface area contributed by atoms with Crippen LogP contribution in [0.5, 0.6) is 0 Å². The summed E-state index contributed by atoms with van der Waals surface area (Å²) in [6.07, 6.45) is 5.03. The predicted octanol–water partition coefficient (Wildman–Crippen LogP) is 1.94. The van der Waals surface area contributed by atoms with Crippen molar-refractivity contribution in [3.63, 3.8) is 0 Å². The number of allylic oxidation sites excluding steroid dienone is 1. The summed E-state index contributed by atoms with van der Waals surface area (Å²) in [7, 11) is 0. The molecule has 0 spiro atoms. The first-order valence-corrected chi connectivity index (χ1v) is 11.1. The van der Waals surface area contributed by atoms with Crippen molar-refractivity contribution in [2.24, 2.45) is 28.6 Å². The molecule has 0 radical (unpaired) electrons. The number of esters is 1. The van der Waals surface area contributed by atoms with Gasteiger partial charge in [0.2, 0.25) is 0 Å². The molecule has 0 heterocycles. The van der Waals surface area contributed by atoms with Crippen LogP contribution < -0.4 is 0 Å². The zero-order chi connectivity index (χ0) is 21.2. The smallest absolute Gasteiger partial charge is 0.302 e. The van der Waals surface area contributed by atoms with Gasteiger partial charge in [0, 0.05) is 12.3 Å². The molecule has 4 aliphatic carbocycles. The van der Waals surface area contributed by atoms with Crippen molar-refractivity contribution in [1.82, 2.24) is 0 Å². The van der Waals surface area contributed by atoms with Crippen LogP contribution in [0.1, 0.15) is 65.7 Å². The van der Waals surface area contributed by atoms with Gasteiger partial charge in [-0.3, -0.25) is 4.79 Å². The molecule has 9 atom stereocenters. The van der Waals surface area contributed by atoms with E-state index in [0.29, 0.717) is 12.8 Å². The lowest BCUT2D eigenvalue weighted by Crippen LogP contribution is -2.63. The Bertz CT molecular complexity index is 705. The minimum absolute atomic E-state index is 0.111. The minimum Gasteiger partial charge on any atom is -0.463 e. The monoisotopic (exact) mass is 408 g/mol. The van der Waals surface area contributed by atoms with E-state index in [1.807, 2.05) is 13.0 Å². The maximum atomic E-state index is 11.6. The van der Waals surface area contributed by atoms with Crippen LogP contribution >= 0.6 is 0 Å². The van der Waals surface area contributed by atoms with Crippen molar-refractivity contribution >= 4 is 5.97 Å². The zero-order valence-corrected chi connectivity index (χ0v) is 17.8. The normalized spacial score (nSPS) is 50.0. The van der Waals surface area contributed by atoms with Crippen molar-refractivity contribution in [2.75, 3.05) is 6.61 Å². The maximum Gasteiger partial charge on any atom is 0.302 e. The molecule has 0 bridgehead atoms. The topological polar surface area (TPSA) is 107 Å². The van der Waals surface area contributed by atoms with Crippen LogP contribution in [-0.2, 0) is 9.53 Å². The summed E-state index contributed by atoms with van der Waals surface area (Å²) in [5.41, 5.74) is -0.833. The van der Waals surface area contributed by atoms with E-state index in [4.69, 9.17) is 4.74 Å². The van der Waals surface area contributed by atoms with Crippen LogP contribution in [0.4, 0.5) is 0 Å². The fourth-order valence-electron chi connectivity index (χ4n) is 7.76. The van der Waals surface area contributed by atoms with Crippen LogP contribution in [0.15, 0.2) is 11.6 Å². The van der Waals surface area contributed by atoms with Gasteiger partial charge in [0.05, 0.1) is 17.8 Å². The van der Waals surface area contributed by atoms with Gasteiger partial charge in [0.25, 0.3) is 0 Å². The number of rotatable bonds is 3. The first kappa shape index (κ1) is 21.3. The Morgan fingerprint density at radius 1 is 1.24 bits per heavy atom. The Labute approximate surface area is 173 Å². The summed E-state index contributed by atoms with van der Waals surface area (Å²) in [4.78, 5) is 11.2. The van der Waals surface area contributed by atoms with Crippen LogP contribution in [0.3, 0.4) is 0 Å². The molecule has 0 aromatic heterocycles. The fourth-order valence-corrected chi connectivity index (χ4v) is 7.76. The molecule has 1 unspecified atom stereocenters. The molecule has 0 aromatic rings. The van der Waals surface area contributed by atoms with E-state index in [0.717, 1.165) is 32.1 Å².